The summed E-state index contributed by atoms with van der Waals surface area (Å²) in [4.78, 5) is 23.2. The van der Waals surface area contributed by atoms with Crippen molar-refractivity contribution in [3.63, 3.8) is 0 Å². The molecule has 22 heavy (non-hydrogen) atoms. The standard InChI is InChI=1S/C11H11N5O5S/c1-6-8(10(18)14-11(19)13-6)22(20,21)16-15-9(17)7-2-4-12-5-3-7/h2-5,16H,1H3,(H,15,17)(H2,13,14,18,19). The van der Waals surface area contributed by atoms with Crippen molar-refractivity contribution in [1.82, 2.24) is 25.2 Å². The fourth-order valence-corrected chi connectivity index (χ4v) is 2.64. The van der Waals surface area contributed by atoms with Gasteiger partial charge in [-0.25, -0.2) is 8.42 Å². The minimum absolute atomic E-state index is 0.181. The molecular formula is C11H11N5O5S. The van der Waals surface area contributed by atoms with Crippen LogP contribution in [0.4, 0.5) is 0 Å². The lowest BCUT2D eigenvalue weighted by atomic mass is 10.3. The molecule has 0 aliphatic heterocycles. The Hall–Kier alpha value is -2.79. The van der Waals surface area contributed by atoms with Crippen molar-refractivity contribution in [2.45, 2.75) is 11.8 Å². The summed E-state index contributed by atoms with van der Waals surface area (Å²) in [5, 5.41) is 18.6. The number of carbonyl (C=O) groups is 1. The van der Waals surface area contributed by atoms with Gasteiger partial charge in [0.1, 0.15) is 0 Å². The van der Waals surface area contributed by atoms with Crippen LogP contribution in [-0.4, -0.2) is 39.5 Å². The van der Waals surface area contributed by atoms with Gasteiger partial charge in [0.05, 0.1) is 5.69 Å². The number of aryl methyl sites for hydroxylation is 1. The highest BCUT2D eigenvalue weighted by atomic mass is 32.2. The lowest BCUT2D eigenvalue weighted by molar-refractivity contribution is 0.0945. The third kappa shape index (κ3) is 3.27. The number of sulfonamides is 1. The summed E-state index contributed by atoms with van der Waals surface area (Å²) in [6.45, 7) is 1.25. The number of pyridine rings is 1. The first-order chi connectivity index (χ1) is 10.3. The van der Waals surface area contributed by atoms with Gasteiger partial charge in [-0.1, -0.05) is 0 Å². The Bertz CT molecular complexity index is 786. The van der Waals surface area contributed by atoms with Crippen molar-refractivity contribution in [2.24, 2.45) is 0 Å². The van der Waals surface area contributed by atoms with Crippen molar-refractivity contribution in [1.29, 1.82) is 0 Å². The lowest BCUT2D eigenvalue weighted by Crippen LogP contribution is -2.41. The maximum Gasteiger partial charge on any atom is 0.317 e. The summed E-state index contributed by atoms with van der Waals surface area (Å²) < 4.78 is 24.1. The van der Waals surface area contributed by atoms with Crippen LogP contribution in [0.5, 0.6) is 11.9 Å². The highest BCUT2D eigenvalue weighted by Gasteiger charge is 2.25. The molecule has 0 unspecified atom stereocenters. The number of nitrogens with one attached hydrogen (secondary N) is 2. The molecule has 0 aliphatic rings. The highest BCUT2D eigenvalue weighted by Crippen LogP contribution is 2.24. The molecule has 0 saturated carbocycles. The molecule has 2 aromatic rings. The van der Waals surface area contributed by atoms with Gasteiger partial charge >= 0.3 is 6.01 Å². The number of nitrogens with zero attached hydrogens (tertiary/aromatic N) is 3. The zero-order valence-electron chi connectivity index (χ0n) is 11.2. The zero-order chi connectivity index (χ0) is 16.3. The van der Waals surface area contributed by atoms with E-state index in [0.29, 0.717) is 0 Å². The Kier molecular flexibility index (Phi) is 4.19. The van der Waals surface area contributed by atoms with Crippen molar-refractivity contribution in [3.05, 3.63) is 35.8 Å². The van der Waals surface area contributed by atoms with E-state index in [4.69, 9.17) is 5.11 Å². The van der Waals surface area contributed by atoms with Gasteiger partial charge in [-0.15, -0.1) is 4.83 Å². The number of hydrogen-bond donors (Lipinski definition) is 4. The number of hydrazine groups is 1. The monoisotopic (exact) mass is 325 g/mol. The molecule has 11 heteroatoms. The van der Waals surface area contributed by atoms with Gasteiger partial charge in [-0.2, -0.15) is 9.97 Å². The second-order valence-corrected chi connectivity index (χ2v) is 5.68. The fraction of sp³-hybridized carbons (Fsp3) is 0.0909. The molecule has 0 bridgehead atoms. The van der Waals surface area contributed by atoms with Crippen LogP contribution in [-0.2, 0) is 10.0 Å². The molecule has 0 aromatic carbocycles. The van der Waals surface area contributed by atoms with Gasteiger partial charge in [0, 0.05) is 18.0 Å². The highest BCUT2D eigenvalue weighted by molar-refractivity contribution is 7.89. The number of hydrogen-bond acceptors (Lipinski definition) is 8. The summed E-state index contributed by atoms with van der Waals surface area (Å²) in [6.07, 6.45) is 2.74. The first-order valence-corrected chi connectivity index (χ1v) is 7.28. The van der Waals surface area contributed by atoms with E-state index < -0.39 is 32.7 Å². The van der Waals surface area contributed by atoms with E-state index in [0.717, 1.165) is 0 Å². The minimum atomic E-state index is -4.33. The number of amides is 1. The number of aromatic nitrogens is 3. The summed E-state index contributed by atoms with van der Waals surface area (Å²) in [5.74, 6) is -1.65. The first-order valence-electron chi connectivity index (χ1n) is 5.80. The molecule has 0 saturated heterocycles. The van der Waals surface area contributed by atoms with Gasteiger partial charge in [-0.3, -0.25) is 15.2 Å². The third-order valence-corrected chi connectivity index (χ3v) is 3.90. The smallest absolute Gasteiger partial charge is 0.317 e. The van der Waals surface area contributed by atoms with Crippen LogP contribution < -0.4 is 10.3 Å². The Morgan fingerprint density at radius 2 is 1.82 bits per heavy atom. The Labute approximate surface area is 124 Å². The lowest BCUT2D eigenvalue weighted by Gasteiger charge is -2.10. The Morgan fingerprint density at radius 3 is 2.41 bits per heavy atom. The maximum atomic E-state index is 12.1. The fourth-order valence-electron chi connectivity index (χ4n) is 1.59. The van der Waals surface area contributed by atoms with Gasteiger partial charge < -0.3 is 10.2 Å². The molecule has 2 aromatic heterocycles. The van der Waals surface area contributed by atoms with Crippen LogP contribution >= 0.6 is 0 Å². The van der Waals surface area contributed by atoms with Crippen LogP contribution in [0.3, 0.4) is 0 Å². The molecule has 2 rings (SSSR count). The van der Waals surface area contributed by atoms with Gasteiger partial charge in [0.2, 0.25) is 5.88 Å². The molecule has 0 radical (unpaired) electrons. The molecule has 0 spiro atoms. The van der Waals surface area contributed by atoms with Crippen molar-refractivity contribution >= 4 is 15.9 Å². The van der Waals surface area contributed by atoms with Crippen LogP contribution in [0.25, 0.3) is 0 Å². The molecule has 0 fully saturated rings. The zero-order valence-corrected chi connectivity index (χ0v) is 12.0. The molecule has 116 valence electrons. The van der Waals surface area contributed by atoms with Gasteiger partial charge in [0.15, 0.2) is 4.90 Å². The normalized spacial score (nSPS) is 11.1. The minimum Gasteiger partial charge on any atom is -0.492 e. The first kappa shape index (κ1) is 15.6. The van der Waals surface area contributed by atoms with E-state index in [1.54, 1.807) is 4.83 Å². The largest absolute Gasteiger partial charge is 0.492 e. The van der Waals surface area contributed by atoms with Crippen molar-refractivity contribution in [3.8, 4) is 11.9 Å². The average molecular weight is 325 g/mol. The molecule has 4 N–H and O–H groups in total. The van der Waals surface area contributed by atoms with Crippen LogP contribution in [0, 0.1) is 6.92 Å². The van der Waals surface area contributed by atoms with E-state index in [1.807, 2.05) is 5.43 Å². The number of aromatic hydroxyl groups is 2. The summed E-state index contributed by atoms with van der Waals surface area (Å²) in [7, 11) is -4.33. The maximum absolute atomic E-state index is 12.1. The van der Waals surface area contributed by atoms with Crippen LogP contribution in [0.15, 0.2) is 29.4 Å². The quantitative estimate of drug-likeness (QED) is 0.533. The van der Waals surface area contributed by atoms with E-state index in [-0.39, 0.29) is 11.3 Å². The van der Waals surface area contributed by atoms with E-state index in [9.17, 15) is 18.3 Å². The molecule has 10 nitrogen and oxygen atoms in total. The molecule has 1 amide bonds. The molecule has 0 atom stereocenters. The summed E-state index contributed by atoms with van der Waals surface area (Å²) in [6, 6.07) is 2.00. The predicted octanol–water partition coefficient (Wildman–Crippen LogP) is -0.785. The molecule has 0 aliphatic carbocycles. The Morgan fingerprint density at radius 1 is 1.18 bits per heavy atom. The van der Waals surface area contributed by atoms with Crippen molar-refractivity contribution < 1.29 is 23.4 Å². The molecular weight excluding hydrogens is 314 g/mol. The Balaban J connectivity index is 2.21. The average Bonchev–Trinajstić information content (AvgIpc) is 2.44. The summed E-state index contributed by atoms with van der Waals surface area (Å²) in [5.41, 5.74) is 1.97. The van der Waals surface area contributed by atoms with Crippen LogP contribution in [0.2, 0.25) is 0 Å². The second-order valence-electron chi connectivity index (χ2n) is 4.06. The van der Waals surface area contributed by atoms with E-state index in [1.165, 1.54) is 31.5 Å². The van der Waals surface area contributed by atoms with Crippen molar-refractivity contribution in [2.75, 3.05) is 0 Å². The number of carbonyl (C=O) groups excluding carboxylic acids is 1. The predicted molar refractivity (Wildman–Crippen MR) is 72.1 cm³/mol. The number of rotatable bonds is 4. The summed E-state index contributed by atoms with van der Waals surface area (Å²) >= 11 is 0. The SMILES string of the molecule is Cc1nc(O)nc(O)c1S(=O)(=O)NNC(=O)c1ccncc1. The van der Waals surface area contributed by atoms with E-state index >= 15 is 0 Å². The molecule has 2 heterocycles. The second kappa shape index (κ2) is 5.91. The third-order valence-electron chi connectivity index (χ3n) is 2.52. The van der Waals surface area contributed by atoms with Gasteiger partial charge in [-0.05, 0) is 19.1 Å². The van der Waals surface area contributed by atoms with E-state index in [2.05, 4.69) is 15.0 Å². The topological polar surface area (TPSA) is 154 Å². The van der Waals surface area contributed by atoms with Gasteiger partial charge in [0.25, 0.3) is 15.9 Å². The van der Waals surface area contributed by atoms with Crippen LogP contribution in [0.1, 0.15) is 16.1 Å².